The molecule has 0 amide bonds. The first-order valence-corrected chi connectivity index (χ1v) is 10.1. The fraction of sp³-hybridized carbons (Fsp3) is 0.200. The first kappa shape index (κ1) is 17.5. The van der Waals surface area contributed by atoms with Gasteiger partial charge in [0.15, 0.2) is 0 Å². The zero-order valence-corrected chi connectivity index (χ0v) is 16.2. The molecule has 1 aliphatic carbocycles. The summed E-state index contributed by atoms with van der Waals surface area (Å²) in [6.07, 6.45) is 6.31. The van der Waals surface area contributed by atoms with Crippen LogP contribution in [0.15, 0.2) is 60.8 Å². The molecule has 29 heavy (non-hydrogen) atoms. The Balaban J connectivity index is 1.77. The SMILES string of the molecule is N#Cc1c(N)nc2c(c1-c1cn(Cc3ccccc3)c3ccccc13)CCCC2. The van der Waals surface area contributed by atoms with E-state index < -0.39 is 0 Å². The highest BCUT2D eigenvalue weighted by molar-refractivity contribution is 5.99. The van der Waals surface area contributed by atoms with Crippen LogP contribution in [-0.4, -0.2) is 9.55 Å². The maximum atomic E-state index is 9.90. The van der Waals surface area contributed by atoms with Gasteiger partial charge >= 0.3 is 0 Å². The molecule has 2 N–H and O–H groups in total. The molecule has 0 bridgehead atoms. The van der Waals surface area contributed by atoms with Crippen LogP contribution in [0.3, 0.4) is 0 Å². The first-order chi connectivity index (χ1) is 14.3. The number of rotatable bonds is 3. The Bertz CT molecular complexity index is 1250. The molecule has 2 heterocycles. The molecule has 0 atom stereocenters. The Morgan fingerprint density at radius 3 is 2.59 bits per heavy atom. The van der Waals surface area contributed by atoms with Gasteiger partial charge in [0.05, 0.1) is 0 Å². The summed E-state index contributed by atoms with van der Waals surface area (Å²) in [6, 6.07) is 21.2. The number of aromatic nitrogens is 2. The van der Waals surface area contributed by atoms with Gasteiger partial charge in [-0.2, -0.15) is 5.26 Å². The van der Waals surface area contributed by atoms with Gasteiger partial charge in [0.1, 0.15) is 17.5 Å². The van der Waals surface area contributed by atoms with E-state index in [9.17, 15) is 5.26 Å². The highest BCUT2D eigenvalue weighted by Crippen LogP contribution is 2.40. The van der Waals surface area contributed by atoms with Crippen molar-refractivity contribution in [3.8, 4) is 17.2 Å². The Morgan fingerprint density at radius 1 is 1.00 bits per heavy atom. The molecule has 0 saturated heterocycles. The predicted octanol–water partition coefficient (Wildman–Crippen LogP) is 5.08. The molecular weight excluding hydrogens is 356 g/mol. The number of nitrogens with zero attached hydrogens (tertiary/aromatic N) is 3. The number of nitrogens with two attached hydrogens (primary N) is 1. The molecule has 142 valence electrons. The van der Waals surface area contributed by atoms with Crippen LogP contribution in [0.2, 0.25) is 0 Å². The van der Waals surface area contributed by atoms with E-state index in [2.05, 4.69) is 70.3 Å². The van der Waals surface area contributed by atoms with Crippen LogP contribution in [-0.2, 0) is 19.4 Å². The highest BCUT2D eigenvalue weighted by atomic mass is 15.0. The van der Waals surface area contributed by atoms with Crippen LogP contribution in [0.1, 0.15) is 35.2 Å². The first-order valence-electron chi connectivity index (χ1n) is 10.1. The maximum Gasteiger partial charge on any atom is 0.142 e. The summed E-state index contributed by atoms with van der Waals surface area (Å²) < 4.78 is 2.27. The number of nitrogen functional groups attached to an aromatic ring is 1. The van der Waals surface area contributed by atoms with E-state index in [-0.39, 0.29) is 0 Å². The van der Waals surface area contributed by atoms with Crippen molar-refractivity contribution in [3.63, 3.8) is 0 Å². The number of pyridine rings is 1. The number of aryl methyl sites for hydroxylation is 1. The average molecular weight is 378 g/mol. The third-order valence-electron chi connectivity index (χ3n) is 5.87. The lowest BCUT2D eigenvalue weighted by atomic mass is 9.86. The van der Waals surface area contributed by atoms with Gasteiger partial charge in [-0.1, -0.05) is 48.5 Å². The van der Waals surface area contributed by atoms with E-state index >= 15 is 0 Å². The summed E-state index contributed by atoms with van der Waals surface area (Å²) in [5, 5.41) is 11.1. The van der Waals surface area contributed by atoms with Crippen LogP contribution in [0.5, 0.6) is 0 Å². The van der Waals surface area contributed by atoms with Crippen LogP contribution in [0.25, 0.3) is 22.0 Å². The molecule has 2 aromatic carbocycles. The summed E-state index contributed by atoms with van der Waals surface area (Å²) in [5.74, 6) is 0.350. The monoisotopic (exact) mass is 378 g/mol. The molecular formula is C25H22N4. The fourth-order valence-electron chi connectivity index (χ4n) is 4.53. The van der Waals surface area contributed by atoms with Crippen molar-refractivity contribution in [2.75, 3.05) is 5.73 Å². The largest absolute Gasteiger partial charge is 0.383 e. The van der Waals surface area contributed by atoms with Crippen molar-refractivity contribution in [3.05, 3.63) is 83.2 Å². The van der Waals surface area contributed by atoms with Gasteiger partial charge in [0.25, 0.3) is 0 Å². The Kier molecular flexibility index (Phi) is 4.29. The second-order valence-corrected chi connectivity index (χ2v) is 7.66. The molecule has 0 radical (unpaired) electrons. The number of hydrogen-bond acceptors (Lipinski definition) is 3. The predicted molar refractivity (Wildman–Crippen MR) is 116 cm³/mol. The maximum absolute atomic E-state index is 9.90. The van der Waals surface area contributed by atoms with Crippen LogP contribution < -0.4 is 5.73 Å². The van der Waals surface area contributed by atoms with E-state index in [1.165, 1.54) is 11.1 Å². The molecule has 4 heteroatoms. The molecule has 5 rings (SSSR count). The summed E-state index contributed by atoms with van der Waals surface area (Å²) >= 11 is 0. The number of para-hydroxylation sites is 1. The lowest BCUT2D eigenvalue weighted by Crippen LogP contribution is -2.11. The zero-order valence-electron chi connectivity index (χ0n) is 16.2. The van der Waals surface area contributed by atoms with E-state index in [0.717, 1.165) is 60.0 Å². The number of anilines is 1. The smallest absolute Gasteiger partial charge is 0.142 e. The van der Waals surface area contributed by atoms with E-state index in [0.29, 0.717) is 11.4 Å². The molecule has 0 saturated carbocycles. The van der Waals surface area contributed by atoms with Gasteiger partial charge in [0.2, 0.25) is 0 Å². The topological polar surface area (TPSA) is 67.6 Å². The normalized spacial score (nSPS) is 13.2. The standard InChI is InChI=1S/C25H22N4/c26-14-20-24(19-11-4-6-12-22(19)28-25(20)27)21-16-29(15-17-8-2-1-3-9-17)23-13-7-5-10-18(21)23/h1-3,5,7-10,13,16H,4,6,11-12,15H2,(H2,27,28). The zero-order chi connectivity index (χ0) is 19.8. The van der Waals surface area contributed by atoms with E-state index in [4.69, 9.17) is 5.73 Å². The summed E-state index contributed by atoms with van der Waals surface area (Å²) in [5.41, 5.74) is 13.5. The second kappa shape index (κ2) is 7.10. The third-order valence-corrected chi connectivity index (χ3v) is 5.87. The molecule has 0 aliphatic heterocycles. The van der Waals surface area contributed by atoms with Crippen LogP contribution in [0, 0.1) is 11.3 Å². The van der Waals surface area contributed by atoms with E-state index in [1.54, 1.807) is 0 Å². The Morgan fingerprint density at radius 2 is 1.76 bits per heavy atom. The second-order valence-electron chi connectivity index (χ2n) is 7.66. The van der Waals surface area contributed by atoms with Crippen molar-refractivity contribution in [1.82, 2.24) is 9.55 Å². The van der Waals surface area contributed by atoms with Crippen molar-refractivity contribution in [1.29, 1.82) is 5.26 Å². The minimum Gasteiger partial charge on any atom is -0.383 e. The van der Waals surface area contributed by atoms with Crippen molar-refractivity contribution in [2.45, 2.75) is 32.2 Å². The van der Waals surface area contributed by atoms with Gasteiger partial charge < -0.3 is 10.3 Å². The van der Waals surface area contributed by atoms with Crippen molar-refractivity contribution in [2.24, 2.45) is 0 Å². The number of hydrogen-bond donors (Lipinski definition) is 1. The van der Waals surface area contributed by atoms with Gasteiger partial charge in [-0.3, -0.25) is 0 Å². The summed E-state index contributed by atoms with van der Waals surface area (Å²) in [6.45, 7) is 0.784. The fourth-order valence-corrected chi connectivity index (χ4v) is 4.53. The Hall–Kier alpha value is -3.58. The van der Waals surface area contributed by atoms with Gasteiger partial charge in [-0.25, -0.2) is 4.98 Å². The lowest BCUT2D eigenvalue weighted by molar-refractivity contribution is 0.670. The number of nitriles is 1. The van der Waals surface area contributed by atoms with Gasteiger partial charge in [-0.15, -0.1) is 0 Å². The lowest BCUT2D eigenvalue weighted by Gasteiger charge is -2.20. The Labute approximate surface area is 170 Å². The molecule has 1 aliphatic rings. The minimum absolute atomic E-state index is 0.350. The highest BCUT2D eigenvalue weighted by Gasteiger charge is 2.24. The van der Waals surface area contributed by atoms with Crippen LogP contribution in [0.4, 0.5) is 5.82 Å². The van der Waals surface area contributed by atoms with Crippen molar-refractivity contribution >= 4 is 16.7 Å². The van der Waals surface area contributed by atoms with Gasteiger partial charge in [0, 0.05) is 40.5 Å². The van der Waals surface area contributed by atoms with Crippen LogP contribution >= 0.6 is 0 Å². The quantitative estimate of drug-likeness (QED) is 0.540. The third kappa shape index (κ3) is 2.96. The summed E-state index contributed by atoms with van der Waals surface area (Å²) in [7, 11) is 0. The molecule has 2 aromatic heterocycles. The summed E-state index contributed by atoms with van der Waals surface area (Å²) in [4.78, 5) is 4.57. The molecule has 0 unspecified atom stereocenters. The van der Waals surface area contributed by atoms with Gasteiger partial charge in [-0.05, 0) is 42.9 Å². The average Bonchev–Trinajstić information content (AvgIpc) is 3.11. The molecule has 0 fully saturated rings. The van der Waals surface area contributed by atoms with Crippen molar-refractivity contribution < 1.29 is 0 Å². The molecule has 0 spiro atoms. The molecule has 4 aromatic rings. The van der Waals surface area contributed by atoms with E-state index in [1.807, 2.05) is 6.07 Å². The number of benzene rings is 2. The minimum atomic E-state index is 0.350. The molecule has 4 nitrogen and oxygen atoms in total. The number of fused-ring (bicyclic) bond motifs is 2.